The number of ether oxygens (including phenoxy) is 1. The van der Waals surface area contributed by atoms with E-state index in [-0.39, 0.29) is 23.8 Å². The van der Waals surface area contributed by atoms with Crippen LogP contribution in [0.1, 0.15) is 46.1 Å². The van der Waals surface area contributed by atoms with Gasteiger partial charge in [-0.2, -0.15) is 0 Å². The molecule has 30 heavy (non-hydrogen) atoms. The summed E-state index contributed by atoms with van der Waals surface area (Å²) in [5.74, 6) is 1.09. The summed E-state index contributed by atoms with van der Waals surface area (Å²) in [4.78, 5) is 32.0. The van der Waals surface area contributed by atoms with Crippen LogP contribution >= 0.6 is 0 Å². The Bertz CT molecular complexity index is 785. The van der Waals surface area contributed by atoms with Crippen molar-refractivity contribution in [3.63, 3.8) is 0 Å². The Labute approximate surface area is 179 Å². The molecule has 166 valence electrons. The van der Waals surface area contributed by atoms with Gasteiger partial charge in [0.25, 0.3) is 0 Å². The first kappa shape index (κ1) is 23.5. The van der Waals surface area contributed by atoms with E-state index in [0.29, 0.717) is 45.0 Å². The van der Waals surface area contributed by atoms with Crippen molar-refractivity contribution in [3.05, 3.63) is 23.8 Å². The molecule has 3 N–H and O–H groups in total. The van der Waals surface area contributed by atoms with Gasteiger partial charge >= 0.3 is 0 Å². The van der Waals surface area contributed by atoms with Crippen LogP contribution in [0.4, 0.5) is 5.69 Å². The van der Waals surface area contributed by atoms with Gasteiger partial charge in [0.15, 0.2) is 5.96 Å². The van der Waals surface area contributed by atoms with Crippen LogP contribution in [0.2, 0.25) is 0 Å². The first-order chi connectivity index (χ1) is 14.1. The van der Waals surface area contributed by atoms with Gasteiger partial charge in [-0.3, -0.25) is 9.59 Å². The third-order valence-electron chi connectivity index (χ3n) is 4.83. The number of carbonyl (C=O) groups is 2. The second-order valence-corrected chi connectivity index (χ2v) is 8.81. The second-order valence-electron chi connectivity index (χ2n) is 8.81. The van der Waals surface area contributed by atoms with E-state index in [2.05, 4.69) is 31.1 Å². The monoisotopic (exact) mass is 417 g/mol. The zero-order valence-corrected chi connectivity index (χ0v) is 18.8. The number of benzene rings is 1. The molecule has 0 saturated carbocycles. The van der Waals surface area contributed by atoms with Crippen LogP contribution in [0.25, 0.3) is 0 Å². The Morgan fingerprint density at radius 1 is 1.33 bits per heavy atom. The number of guanidine groups is 1. The van der Waals surface area contributed by atoms with Crippen molar-refractivity contribution in [1.82, 2.24) is 15.1 Å². The van der Waals surface area contributed by atoms with Crippen molar-refractivity contribution < 1.29 is 14.3 Å². The molecule has 8 nitrogen and oxygen atoms in total. The summed E-state index contributed by atoms with van der Waals surface area (Å²) in [5.41, 5.74) is 7.81. The number of nitrogens with two attached hydrogens (primary N) is 1. The molecule has 0 fully saturated rings. The van der Waals surface area contributed by atoms with Gasteiger partial charge in [-0.1, -0.05) is 20.8 Å². The molecule has 0 radical (unpaired) electrons. The lowest BCUT2D eigenvalue weighted by molar-refractivity contribution is -0.130. The smallest absolute Gasteiger partial charge is 0.239 e. The lowest BCUT2D eigenvalue weighted by Gasteiger charge is -2.28. The molecule has 0 spiro atoms. The molecule has 0 aromatic heterocycles. The van der Waals surface area contributed by atoms with Gasteiger partial charge in [-0.15, -0.1) is 0 Å². The molecule has 0 unspecified atom stereocenters. The molecule has 2 rings (SSSR count). The minimum Gasteiger partial charge on any atom is -0.494 e. The second kappa shape index (κ2) is 10.3. The summed E-state index contributed by atoms with van der Waals surface area (Å²) >= 11 is 0. The van der Waals surface area contributed by atoms with Crippen LogP contribution < -0.4 is 15.8 Å². The maximum absolute atomic E-state index is 12.3. The number of amides is 2. The molecule has 8 heteroatoms. The Balaban J connectivity index is 1.89. The first-order valence-electron chi connectivity index (χ1n) is 10.4. The van der Waals surface area contributed by atoms with Crippen molar-refractivity contribution in [2.24, 2.45) is 16.1 Å². The van der Waals surface area contributed by atoms with Gasteiger partial charge < -0.3 is 25.6 Å². The van der Waals surface area contributed by atoms with Gasteiger partial charge in [0, 0.05) is 38.7 Å². The van der Waals surface area contributed by atoms with E-state index in [9.17, 15) is 9.59 Å². The molecule has 0 atom stereocenters. The van der Waals surface area contributed by atoms with Crippen molar-refractivity contribution in [3.8, 4) is 5.75 Å². The molecular weight excluding hydrogens is 382 g/mol. The van der Waals surface area contributed by atoms with Crippen LogP contribution in [0.5, 0.6) is 5.75 Å². The van der Waals surface area contributed by atoms with E-state index in [1.165, 1.54) is 0 Å². The largest absolute Gasteiger partial charge is 0.494 e. The van der Waals surface area contributed by atoms with Crippen LogP contribution in [0, 0.1) is 5.41 Å². The number of nitrogens with zero attached hydrogens (tertiary/aromatic N) is 3. The van der Waals surface area contributed by atoms with Gasteiger partial charge in [0.2, 0.25) is 11.8 Å². The van der Waals surface area contributed by atoms with Crippen LogP contribution in [0.3, 0.4) is 0 Å². The average molecular weight is 418 g/mol. The number of hydrogen-bond donors (Lipinski definition) is 2. The molecule has 1 heterocycles. The van der Waals surface area contributed by atoms with Gasteiger partial charge in [0.05, 0.1) is 18.8 Å². The highest BCUT2D eigenvalue weighted by Crippen LogP contribution is 2.29. The maximum atomic E-state index is 12.3. The SMILES string of the molecule is CCN(C)C(=O)CCCOc1ccc2c(c1)CN(CC(=O)NCC(C)(C)C)C(N)=N2. The molecule has 0 aliphatic carbocycles. The van der Waals surface area contributed by atoms with Crippen molar-refractivity contribution in [2.75, 3.05) is 33.3 Å². The minimum absolute atomic E-state index is 0.0204. The highest BCUT2D eigenvalue weighted by molar-refractivity contribution is 5.88. The summed E-state index contributed by atoms with van der Waals surface area (Å²) in [6, 6.07) is 5.64. The van der Waals surface area contributed by atoms with E-state index in [0.717, 1.165) is 17.0 Å². The number of rotatable bonds is 9. The van der Waals surface area contributed by atoms with E-state index in [1.807, 2.05) is 25.1 Å². The highest BCUT2D eigenvalue weighted by atomic mass is 16.5. The molecule has 1 aromatic rings. The number of hydrogen-bond acceptors (Lipinski definition) is 6. The Morgan fingerprint density at radius 2 is 2.07 bits per heavy atom. The van der Waals surface area contributed by atoms with Crippen LogP contribution in [-0.2, 0) is 16.1 Å². The summed E-state index contributed by atoms with van der Waals surface area (Å²) < 4.78 is 5.81. The Hall–Kier alpha value is -2.77. The van der Waals surface area contributed by atoms with Gasteiger partial charge in [-0.25, -0.2) is 4.99 Å². The predicted octanol–water partition coefficient (Wildman–Crippen LogP) is 2.25. The van der Waals surface area contributed by atoms with Crippen molar-refractivity contribution >= 4 is 23.5 Å². The fraction of sp³-hybridized carbons (Fsp3) is 0.591. The van der Waals surface area contributed by atoms with Crippen molar-refractivity contribution in [1.29, 1.82) is 0 Å². The average Bonchev–Trinajstić information content (AvgIpc) is 2.69. The fourth-order valence-electron chi connectivity index (χ4n) is 2.88. The van der Waals surface area contributed by atoms with Crippen LogP contribution in [-0.4, -0.2) is 60.9 Å². The third kappa shape index (κ3) is 7.24. The number of aliphatic imine (C=N–C) groups is 1. The third-order valence-corrected chi connectivity index (χ3v) is 4.83. The Kier molecular flexibility index (Phi) is 8.08. The summed E-state index contributed by atoms with van der Waals surface area (Å²) in [6.07, 6.45) is 1.12. The molecule has 1 aliphatic rings. The maximum Gasteiger partial charge on any atom is 0.239 e. The summed E-state index contributed by atoms with van der Waals surface area (Å²) in [7, 11) is 1.80. The lowest BCUT2D eigenvalue weighted by atomic mass is 9.97. The molecule has 1 aromatic carbocycles. The zero-order chi connectivity index (χ0) is 22.3. The van der Waals surface area contributed by atoms with E-state index >= 15 is 0 Å². The van der Waals surface area contributed by atoms with Crippen molar-refractivity contribution in [2.45, 2.75) is 47.1 Å². The number of nitrogens with one attached hydrogen (secondary N) is 1. The first-order valence-corrected chi connectivity index (χ1v) is 10.4. The minimum atomic E-state index is -0.0827. The van der Waals surface area contributed by atoms with E-state index in [1.54, 1.807) is 16.8 Å². The molecule has 0 saturated heterocycles. The van der Waals surface area contributed by atoms with E-state index in [4.69, 9.17) is 10.5 Å². The molecule has 1 aliphatic heterocycles. The topological polar surface area (TPSA) is 100 Å². The van der Waals surface area contributed by atoms with E-state index < -0.39 is 0 Å². The highest BCUT2D eigenvalue weighted by Gasteiger charge is 2.21. The number of carbonyl (C=O) groups excluding carboxylic acids is 2. The normalized spacial score (nSPS) is 13.4. The molecule has 2 amide bonds. The zero-order valence-electron chi connectivity index (χ0n) is 18.8. The predicted molar refractivity (Wildman–Crippen MR) is 119 cm³/mol. The van der Waals surface area contributed by atoms with Crippen LogP contribution in [0.15, 0.2) is 23.2 Å². The van der Waals surface area contributed by atoms with Gasteiger partial charge in [-0.05, 0) is 37.0 Å². The molecule has 0 bridgehead atoms. The standard InChI is InChI=1S/C22H35N5O3/c1-6-26(5)20(29)8-7-11-30-17-9-10-18-16(12-17)13-27(21(23)25-18)14-19(28)24-15-22(2,3)4/h9-10,12H,6-8,11,13-15H2,1-5H3,(H2,23,25)(H,24,28). The quantitative estimate of drug-likeness (QED) is 0.600. The summed E-state index contributed by atoms with van der Waals surface area (Å²) in [5, 5.41) is 2.93. The fourth-order valence-corrected chi connectivity index (χ4v) is 2.88. The lowest BCUT2D eigenvalue weighted by Crippen LogP contribution is -2.46. The summed E-state index contributed by atoms with van der Waals surface area (Å²) in [6.45, 7) is 10.6. The number of fused-ring (bicyclic) bond motifs is 1. The van der Waals surface area contributed by atoms with Gasteiger partial charge in [0.1, 0.15) is 5.75 Å². The Morgan fingerprint density at radius 3 is 2.73 bits per heavy atom. The molecular formula is C22H35N5O3.